The molecule has 3 fully saturated rings. The fraction of sp³-hybridized carbons (Fsp3) is 0.941. The number of piperidine rings is 1. The van der Waals surface area contributed by atoms with Crippen LogP contribution in [0.4, 0.5) is 0 Å². The minimum Gasteiger partial charge on any atom is -0.352 e. The highest BCUT2D eigenvalue weighted by Gasteiger charge is 2.42. The summed E-state index contributed by atoms with van der Waals surface area (Å²) in [6, 6.07) is 0.455. The van der Waals surface area contributed by atoms with Crippen LogP contribution in [0.3, 0.4) is 0 Å². The average molecular weight is 293 g/mol. The molecule has 3 aliphatic rings. The van der Waals surface area contributed by atoms with Crippen molar-refractivity contribution in [2.75, 3.05) is 19.6 Å². The van der Waals surface area contributed by atoms with Crippen LogP contribution in [0.15, 0.2) is 0 Å². The largest absolute Gasteiger partial charge is 0.352 e. The van der Waals surface area contributed by atoms with Crippen molar-refractivity contribution in [3.8, 4) is 0 Å². The summed E-state index contributed by atoms with van der Waals surface area (Å²) in [5, 5.41) is 6.78. The molecular formula is C17H31N3O. The fourth-order valence-corrected chi connectivity index (χ4v) is 4.46. The normalized spacial score (nSPS) is 34.9. The molecular weight excluding hydrogens is 262 g/mol. The summed E-state index contributed by atoms with van der Waals surface area (Å²) in [7, 11) is 0. The number of rotatable bonds is 2. The van der Waals surface area contributed by atoms with E-state index in [0.29, 0.717) is 12.0 Å². The third-order valence-electron chi connectivity index (χ3n) is 5.82. The molecule has 1 saturated carbocycles. The van der Waals surface area contributed by atoms with E-state index in [1.54, 1.807) is 0 Å². The van der Waals surface area contributed by atoms with Gasteiger partial charge in [-0.3, -0.25) is 9.69 Å². The minimum atomic E-state index is 0.0816. The highest BCUT2D eigenvalue weighted by Crippen LogP contribution is 2.37. The topological polar surface area (TPSA) is 44.4 Å². The molecule has 0 spiro atoms. The Hall–Kier alpha value is -0.610. The highest BCUT2D eigenvalue weighted by molar-refractivity contribution is 5.82. The molecule has 0 aromatic rings. The molecule has 0 aromatic heterocycles. The Bertz CT molecular complexity index is 382. The first kappa shape index (κ1) is 15.3. The van der Waals surface area contributed by atoms with Crippen molar-refractivity contribution in [2.24, 2.45) is 11.8 Å². The van der Waals surface area contributed by atoms with Crippen LogP contribution in [0.1, 0.15) is 52.9 Å². The predicted octanol–water partition coefficient (Wildman–Crippen LogP) is 1.75. The first-order valence-corrected chi connectivity index (χ1v) is 8.74. The lowest BCUT2D eigenvalue weighted by molar-refractivity contribution is -0.124. The van der Waals surface area contributed by atoms with Crippen LogP contribution in [0.25, 0.3) is 0 Å². The maximum atomic E-state index is 12.5. The van der Waals surface area contributed by atoms with Crippen molar-refractivity contribution in [1.29, 1.82) is 0 Å². The smallest absolute Gasteiger partial charge is 0.237 e. The van der Waals surface area contributed by atoms with Crippen LogP contribution in [-0.4, -0.2) is 48.1 Å². The zero-order chi connectivity index (χ0) is 15.0. The van der Waals surface area contributed by atoms with E-state index in [1.165, 1.54) is 19.3 Å². The van der Waals surface area contributed by atoms with Gasteiger partial charge in [0.15, 0.2) is 0 Å². The van der Waals surface area contributed by atoms with Crippen LogP contribution in [0, 0.1) is 11.8 Å². The zero-order valence-electron chi connectivity index (χ0n) is 13.8. The molecule has 3 unspecified atom stereocenters. The van der Waals surface area contributed by atoms with Crippen molar-refractivity contribution in [3.05, 3.63) is 0 Å². The molecule has 1 aliphatic carbocycles. The number of carbonyl (C=O) groups is 1. The van der Waals surface area contributed by atoms with E-state index in [4.69, 9.17) is 0 Å². The number of likely N-dealkylation sites (tertiary alicyclic amines) is 1. The Morgan fingerprint density at radius 2 is 1.86 bits per heavy atom. The summed E-state index contributed by atoms with van der Waals surface area (Å²) < 4.78 is 0. The Morgan fingerprint density at radius 1 is 1.14 bits per heavy atom. The quantitative estimate of drug-likeness (QED) is 0.815. The molecule has 3 rings (SSSR count). The summed E-state index contributed by atoms with van der Waals surface area (Å²) in [6.07, 6.45) is 6.03. The van der Waals surface area contributed by atoms with Gasteiger partial charge in [0.25, 0.3) is 0 Å². The van der Waals surface area contributed by atoms with Gasteiger partial charge in [0, 0.05) is 24.7 Å². The van der Waals surface area contributed by atoms with E-state index in [1.807, 2.05) is 0 Å². The maximum absolute atomic E-state index is 12.5. The Kier molecular flexibility index (Phi) is 4.28. The van der Waals surface area contributed by atoms with Crippen molar-refractivity contribution in [3.63, 3.8) is 0 Å². The molecule has 4 heteroatoms. The number of nitrogens with zero attached hydrogens (tertiary/aromatic N) is 1. The molecule has 4 nitrogen and oxygen atoms in total. The molecule has 0 aromatic carbocycles. The SMILES string of the molecule is CC(C)(C)N1CCC(NC(=O)C2NCC3CCCC32)CC1. The van der Waals surface area contributed by atoms with Crippen molar-refractivity contribution >= 4 is 5.91 Å². The molecule has 2 saturated heterocycles. The van der Waals surface area contributed by atoms with E-state index in [9.17, 15) is 4.79 Å². The van der Waals surface area contributed by atoms with Crippen molar-refractivity contribution in [1.82, 2.24) is 15.5 Å². The Labute approximate surface area is 129 Å². The van der Waals surface area contributed by atoms with Gasteiger partial charge in [-0.25, -0.2) is 0 Å². The number of amides is 1. The highest BCUT2D eigenvalue weighted by atomic mass is 16.2. The van der Waals surface area contributed by atoms with E-state index in [-0.39, 0.29) is 17.5 Å². The minimum absolute atomic E-state index is 0.0816. The number of nitrogens with one attached hydrogen (secondary N) is 2. The monoisotopic (exact) mass is 293 g/mol. The number of carbonyl (C=O) groups excluding carboxylic acids is 1. The number of fused-ring (bicyclic) bond motifs is 1. The average Bonchev–Trinajstić information content (AvgIpc) is 3.00. The van der Waals surface area contributed by atoms with Gasteiger partial charge in [-0.05, 0) is 64.8 Å². The van der Waals surface area contributed by atoms with E-state index < -0.39 is 0 Å². The summed E-state index contributed by atoms with van der Waals surface area (Å²) in [4.78, 5) is 15.1. The van der Waals surface area contributed by atoms with Crippen molar-refractivity contribution in [2.45, 2.75) is 70.5 Å². The van der Waals surface area contributed by atoms with Crippen LogP contribution in [0.5, 0.6) is 0 Å². The summed E-state index contributed by atoms with van der Waals surface area (Å²) in [6.45, 7) is 10.1. The Balaban J connectivity index is 1.48. The molecule has 2 heterocycles. The van der Waals surface area contributed by atoms with Crippen LogP contribution < -0.4 is 10.6 Å². The first-order valence-electron chi connectivity index (χ1n) is 8.74. The van der Waals surface area contributed by atoms with Gasteiger partial charge < -0.3 is 10.6 Å². The Morgan fingerprint density at radius 3 is 2.52 bits per heavy atom. The van der Waals surface area contributed by atoms with Gasteiger partial charge in [0.05, 0.1) is 6.04 Å². The lowest BCUT2D eigenvalue weighted by Gasteiger charge is -2.41. The molecule has 0 bridgehead atoms. The lowest BCUT2D eigenvalue weighted by Crippen LogP contribution is -2.53. The summed E-state index contributed by atoms with van der Waals surface area (Å²) >= 11 is 0. The third-order valence-corrected chi connectivity index (χ3v) is 5.82. The predicted molar refractivity (Wildman–Crippen MR) is 85.1 cm³/mol. The van der Waals surface area contributed by atoms with Crippen LogP contribution in [0.2, 0.25) is 0 Å². The molecule has 2 N–H and O–H groups in total. The first-order chi connectivity index (χ1) is 9.95. The molecule has 21 heavy (non-hydrogen) atoms. The van der Waals surface area contributed by atoms with Crippen molar-refractivity contribution < 1.29 is 4.79 Å². The molecule has 2 aliphatic heterocycles. The molecule has 120 valence electrons. The van der Waals surface area contributed by atoms with Gasteiger partial charge in [-0.2, -0.15) is 0 Å². The molecule has 3 atom stereocenters. The molecule has 1 amide bonds. The fourth-order valence-electron chi connectivity index (χ4n) is 4.46. The second-order valence-corrected chi connectivity index (χ2v) is 8.18. The summed E-state index contributed by atoms with van der Waals surface area (Å²) in [5.41, 5.74) is 0.249. The second kappa shape index (κ2) is 5.88. The number of hydrogen-bond acceptors (Lipinski definition) is 3. The number of hydrogen-bond donors (Lipinski definition) is 2. The zero-order valence-corrected chi connectivity index (χ0v) is 13.8. The lowest BCUT2D eigenvalue weighted by atomic mass is 9.93. The van der Waals surface area contributed by atoms with Crippen LogP contribution in [-0.2, 0) is 4.79 Å². The van der Waals surface area contributed by atoms with Crippen LogP contribution >= 0.6 is 0 Å². The van der Waals surface area contributed by atoms with Gasteiger partial charge >= 0.3 is 0 Å². The second-order valence-electron chi connectivity index (χ2n) is 8.18. The molecule has 0 radical (unpaired) electrons. The van der Waals surface area contributed by atoms with Gasteiger partial charge in [-0.1, -0.05) is 6.42 Å². The third kappa shape index (κ3) is 3.26. The van der Waals surface area contributed by atoms with E-state index in [2.05, 4.69) is 36.3 Å². The van der Waals surface area contributed by atoms with E-state index in [0.717, 1.165) is 38.4 Å². The van der Waals surface area contributed by atoms with E-state index >= 15 is 0 Å². The maximum Gasteiger partial charge on any atom is 0.237 e. The summed E-state index contributed by atoms with van der Waals surface area (Å²) in [5.74, 6) is 1.61. The standard InChI is InChI=1S/C17H31N3O/c1-17(2,3)20-9-7-13(8-10-20)19-16(21)15-14-6-4-5-12(14)11-18-15/h12-15,18H,4-11H2,1-3H3,(H,19,21). The van der Waals surface area contributed by atoms with Gasteiger partial charge in [-0.15, -0.1) is 0 Å². The van der Waals surface area contributed by atoms with Gasteiger partial charge in [0.2, 0.25) is 5.91 Å². The van der Waals surface area contributed by atoms with Gasteiger partial charge in [0.1, 0.15) is 0 Å².